The van der Waals surface area contributed by atoms with Crippen molar-refractivity contribution in [2.75, 3.05) is 6.54 Å². The van der Waals surface area contributed by atoms with Crippen LogP contribution in [0.1, 0.15) is 64.2 Å². The van der Waals surface area contributed by atoms with E-state index in [9.17, 15) is 0 Å². The molecule has 4 nitrogen and oxygen atoms in total. The van der Waals surface area contributed by atoms with Gasteiger partial charge in [0.05, 0.1) is 18.1 Å². The van der Waals surface area contributed by atoms with Crippen molar-refractivity contribution in [3.8, 4) is 0 Å². The smallest absolute Gasteiger partial charge is 0.0951 e. The van der Waals surface area contributed by atoms with Crippen molar-refractivity contribution >= 4 is 0 Å². The first-order chi connectivity index (χ1) is 8.98. The van der Waals surface area contributed by atoms with Gasteiger partial charge in [0.1, 0.15) is 0 Å². The zero-order valence-electron chi connectivity index (χ0n) is 12.3. The average Bonchev–Trinajstić information content (AvgIpc) is 3.06. The summed E-state index contributed by atoms with van der Waals surface area (Å²) in [5.41, 5.74) is 7.94. The van der Waals surface area contributed by atoms with Crippen LogP contribution in [0.4, 0.5) is 0 Å². The molecule has 0 aromatic carbocycles. The molecule has 2 N–H and O–H groups in total. The Bertz CT molecular complexity index is 441. The highest BCUT2D eigenvalue weighted by Crippen LogP contribution is 2.41. The molecule has 106 valence electrons. The fraction of sp³-hybridized carbons (Fsp3) is 0.800. The molecule has 2 unspecified atom stereocenters. The fourth-order valence-corrected chi connectivity index (χ4v) is 3.36. The second-order valence-corrected chi connectivity index (χ2v) is 7.07. The van der Waals surface area contributed by atoms with Gasteiger partial charge in [-0.25, -0.2) is 4.98 Å². The molecule has 1 aliphatic heterocycles. The van der Waals surface area contributed by atoms with E-state index >= 15 is 0 Å². The van der Waals surface area contributed by atoms with Crippen molar-refractivity contribution in [3.63, 3.8) is 0 Å². The minimum atomic E-state index is 0.154. The maximum Gasteiger partial charge on any atom is 0.0951 e. The Morgan fingerprint density at radius 2 is 2.00 bits per heavy atom. The number of aromatic nitrogens is 2. The summed E-state index contributed by atoms with van der Waals surface area (Å²) < 4.78 is 2.37. The SMILES string of the molecule is CC(C)(C)N1CCCC(N)C1c1cncn1C1CC1. The summed E-state index contributed by atoms with van der Waals surface area (Å²) in [7, 11) is 0. The average molecular weight is 262 g/mol. The molecule has 3 rings (SSSR count). The molecule has 1 saturated carbocycles. The van der Waals surface area contributed by atoms with Gasteiger partial charge in [0, 0.05) is 23.8 Å². The lowest BCUT2D eigenvalue weighted by atomic mass is 9.89. The molecule has 4 heteroatoms. The molecule has 2 heterocycles. The van der Waals surface area contributed by atoms with E-state index in [0.717, 1.165) is 13.0 Å². The number of imidazole rings is 1. The number of nitrogens with zero attached hydrogens (tertiary/aromatic N) is 3. The van der Waals surface area contributed by atoms with E-state index in [1.54, 1.807) is 0 Å². The maximum absolute atomic E-state index is 6.46. The minimum Gasteiger partial charge on any atom is -0.330 e. The van der Waals surface area contributed by atoms with Gasteiger partial charge < -0.3 is 10.3 Å². The zero-order chi connectivity index (χ0) is 13.6. The van der Waals surface area contributed by atoms with Gasteiger partial charge in [0.15, 0.2) is 0 Å². The van der Waals surface area contributed by atoms with Gasteiger partial charge in [-0.05, 0) is 53.0 Å². The van der Waals surface area contributed by atoms with Gasteiger partial charge in [-0.15, -0.1) is 0 Å². The molecule has 0 bridgehead atoms. The lowest BCUT2D eigenvalue weighted by Gasteiger charge is -2.47. The number of hydrogen-bond donors (Lipinski definition) is 1. The molecule has 1 aromatic rings. The minimum absolute atomic E-state index is 0.154. The lowest BCUT2D eigenvalue weighted by Crippen LogP contribution is -2.53. The number of likely N-dealkylation sites (tertiary alicyclic amines) is 1. The van der Waals surface area contributed by atoms with E-state index < -0.39 is 0 Å². The van der Waals surface area contributed by atoms with E-state index in [1.165, 1.54) is 25.0 Å². The summed E-state index contributed by atoms with van der Waals surface area (Å²) >= 11 is 0. The van der Waals surface area contributed by atoms with E-state index in [4.69, 9.17) is 5.73 Å². The summed E-state index contributed by atoms with van der Waals surface area (Å²) in [5.74, 6) is 0. The first kappa shape index (κ1) is 13.1. The normalized spacial score (nSPS) is 29.7. The molecule has 1 aliphatic carbocycles. The second kappa shape index (κ2) is 4.60. The highest BCUT2D eigenvalue weighted by atomic mass is 15.3. The largest absolute Gasteiger partial charge is 0.330 e. The van der Waals surface area contributed by atoms with E-state index in [2.05, 4.69) is 35.2 Å². The standard InChI is InChI=1S/C15H26N4/c1-15(2,3)19-8-4-5-12(16)14(19)13-9-17-10-18(13)11-6-7-11/h9-12,14H,4-8,16H2,1-3H3. The van der Waals surface area contributed by atoms with Gasteiger partial charge >= 0.3 is 0 Å². The van der Waals surface area contributed by atoms with Crippen LogP contribution in [-0.4, -0.2) is 32.6 Å². The topological polar surface area (TPSA) is 47.1 Å². The molecular formula is C15H26N4. The molecule has 2 aliphatic rings. The lowest BCUT2D eigenvalue weighted by molar-refractivity contribution is 0.0344. The maximum atomic E-state index is 6.46. The van der Waals surface area contributed by atoms with Crippen LogP contribution in [0, 0.1) is 0 Å². The van der Waals surface area contributed by atoms with Crippen molar-refractivity contribution < 1.29 is 0 Å². The molecule has 19 heavy (non-hydrogen) atoms. The van der Waals surface area contributed by atoms with Gasteiger partial charge in [-0.2, -0.15) is 0 Å². The predicted octanol–water partition coefficient (Wildman–Crippen LogP) is 2.48. The van der Waals surface area contributed by atoms with Crippen molar-refractivity contribution in [1.82, 2.24) is 14.5 Å². The highest BCUT2D eigenvalue weighted by molar-refractivity contribution is 5.14. The quantitative estimate of drug-likeness (QED) is 0.890. The number of rotatable bonds is 2. The number of piperidine rings is 1. The van der Waals surface area contributed by atoms with E-state index in [0.29, 0.717) is 12.1 Å². The molecule has 2 fully saturated rings. The van der Waals surface area contributed by atoms with E-state index in [-0.39, 0.29) is 11.6 Å². The van der Waals surface area contributed by atoms with Gasteiger partial charge in [-0.3, -0.25) is 4.90 Å². The Hall–Kier alpha value is -0.870. The second-order valence-electron chi connectivity index (χ2n) is 7.07. The summed E-state index contributed by atoms with van der Waals surface area (Å²) in [6.07, 6.45) is 8.93. The van der Waals surface area contributed by atoms with Gasteiger partial charge in [-0.1, -0.05) is 0 Å². The fourth-order valence-electron chi connectivity index (χ4n) is 3.36. The van der Waals surface area contributed by atoms with Crippen LogP contribution in [0.15, 0.2) is 12.5 Å². The first-order valence-electron chi connectivity index (χ1n) is 7.52. The molecule has 0 spiro atoms. The number of hydrogen-bond acceptors (Lipinski definition) is 3. The van der Waals surface area contributed by atoms with Crippen molar-refractivity contribution in [2.24, 2.45) is 5.73 Å². The molecular weight excluding hydrogens is 236 g/mol. The van der Waals surface area contributed by atoms with Crippen LogP contribution in [0.2, 0.25) is 0 Å². The summed E-state index contributed by atoms with van der Waals surface area (Å²) in [6.45, 7) is 8.00. The summed E-state index contributed by atoms with van der Waals surface area (Å²) in [5, 5.41) is 0. The van der Waals surface area contributed by atoms with Crippen LogP contribution >= 0.6 is 0 Å². The van der Waals surface area contributed by atoms with Gasteiger partial charge in [0.2, 0.25) is 0 Å². The third-order valence-electron chi connectivity index (χ3n) is 4.48. The monoisotopic (exact) mass is 262 g/mol. The molecule has 1 aromatic heterocycles. The highest BCUT2D eigenvalue weighted by Gasteiger charge is 2.39. The summed E-state index contributed by atoms with van der Waals surface area (Å²) in [6, 6.07) is 1.22. The molecule has 0 amide bonds. The third kappa shape index (κ3) is 2.43. The van der Waals surface area contributed by atoms with Crippen LogP contribution in [0.25, 0.3) is 0 Å². The van der Waals surface area contributed by atoms with Crippen LogP contribution < -0.4 is 5.73 Å². The first-order valence-corrected chi connectivity index (χ1v) is 7.52. The summed E-state index contributed by atoms with van der Waals surface area (Å²) in [4.78, 5) is 6.96. The Balaban J connectivity index is 1.95. The Morgan fingerprint density at radius 1 is 1.26 bits per heavy atom. The Morgan fingerprint density at radius 3 is 2.63 bits per heavy atom. The van der Waals surface area contributed by atoms with Crippen molar-refractivity contribution in [2.45, 2.75) is 70.1 Å². The van der Waals surface area contributed by atoms with Crippen molar-refractivity contribution in [3.05, 3.63) is 18.2 Å². The Labute approximate surface area is 116 Å². The molecule has 2 atom stereocenters. The number of nitrogens with two attached hydrogens (primary N) is 1. The van der Waals surface area contributed by atoms with Crippen molar-refractivity contribution in [1.29, 1.82) is 0 Å². The zero-order valence-corrected chi connectivity index (χ0v) is 12.3. The van der Waals surface area contributed by atoms with Crippen LogP contribution in [0.5, 0.6) is 0 Å². The van der Waals surface area contributed by atoms with Gasteiger partial charge in [0.25, 0.3) is 0 Å². The molecule has 0 radical (unpaired) electrons. The predicted molar refractivity (Wildman–Crippen MR) is 76.9 cm³/mol. The molecule has 1 saturated heterocycles. The Kier molecular flexibility index (Phi) is 3.18. The van der Waals surface area contributed by atoms with Crippen LogP contribution in [-0.2, 0) is 0 Å². The van der Waals surface area contributed by atoms with Crippen LogP contribution in [0.3, 0.4) is 0 Å². The van der Waals surface area contributed by atoms with E-state index in [1.807, 2.05) is 12.5 Å². The third-order valence-corrected chi connectivity index (χ3v) is 4.48.